The van der Waals surface area contributed by atoms with Gasteiger partial charge in [-0.1, -0.05) is 0 Å². The van der Waals surface area contributed by atoms with Gasteiger partial charge in [-0.05, 0) is 61.6 Å². The van der Waals surface area contributed by atoms with Gasteiger partial charge in [-0.2, -0.15) is 0 Å². The molecule has 0 bridgehead atoms. The summed E-state index contributed by atoms with van der Waals surface area (Å²) in [5, 5.41) is 3.15. The van der Waals surface area contributed by atoms with Crippen LogP contribution < -0.4 is 14.8 Å². The van der Waals surface area contributed by atoms with Gasteiger partial charge in [0.1, 0.15) is 13.2 Å². The molecule has 0 saturated heterocycles. The van der Waals surface area contributed by atoms with E-state index in [0.29, 0.717) is 36.2 Å². The van der Waals surface area contributed by atoms with E-state index in [1.54, 1.807) is 24.4 Å². The van der Waals surface area contributed by atoms with Gasteiger partial charge in [0.05, 0.1) is 11.7 Å². The Morgan fingerprint density at radius 3 is 2.71 bits per heavy atom. The maximum atomic E-state index is 12.7. The summed E-state index contributed by atoms with van der Waals surface area (Å²) in [6, 6.07) is 9.29. The van der Waals surface area contributed by atoms with Crippen LogP contribution in [0.4, 0.5) is 0 Å². The summed E-state index contributed by atoms with van der Waals surface area (Å²) >= 11 is 0. The predicted molar refractivity (Wildman–Crippen MR) is 89.3 cm³/mol. The molecule has 124 valence electrons. The molecule has 1 atom stereocenters. The number of ether oxygens (including phenoxy) is 2. The molecule has 2 aromatic rings. The van der Waals surface area contributed by atoms with Crippen molar-refractivity contribution in [1.29, 1.82) is 0 Å². The van der Waals surface area contributed by atoms with Crippen molar-refractivity contribution in [3.63, 3.8) is 0 Å². The van der Waals surface area contributed by atoms with Crippen molar-refractivity contribution in [3.05, 3.63) is 53.3 Å². The van der Waals surface area contributed by atoms with Crippen LogP contribution in [0.5, 0.6) is 11.5 Å². The summed E-state index contributed by atoms with van der Waals surface area (Å²) in [6.45, 7) is 3.09. The number of aromatic nitrogens is 1. The molecule has 1 N–H and O–H groups in total. The second-order valence-corrected chi connectivity index (χ2v) is 6.41. The number of pyridine rings is 1. The number of hydrogen-bond donors (Lipinski definition) is 1. The first kappa shape index (κ1) is 15.0. The summed E-state index contributed by atoms with van der Waals surface area (Å²) in [5.74, 6) is 1.69. The van der Waals surface area contributed by atoms with E-state index in [1.807, 2.05) is 19.1 Å². The lowest BCUT2D eigenvalue weighted by Crippen LogP contribution is -2.30. The number of benzene rings is 1. The van der Waals surface area contributed by atoms with Gasteiger partial charge in [0.2, 0.25) is 0 Å². The first-order chi connectivity index (χ1) is 11.7. The van der Waals surface area contributed by atoms with Crippen LogP contribution >= 0.6 is 0 Å². The topological polar surface area (TPSA) is 60.5 Å². The van der Waals surface area contributed by atoms with Crippen molar-refractivity contribution in [2.75, 3.05) is 13.2 Å². The molecule has 0 unspecified atom stereocenters. The van der Waals surface area contributed by atoms with Crippen LogP contribution in [0, 0.1) is 12.8 Å². The Balaban J connectivity index is 1.55. The fourth-order valence-corrected chi connectivity index (χ4v) is 3.00. The Morgan fingerprint density at radius 2 is 1.96 bits per heavy atom. The number of aryl methyl sites for hydroxylation is 1. The Labute approximate surface area is 141 Å². The van der Waals surface area contributed by atoms with Crippen LogP contribution in [-0.2, 0) is 0 Å². The lowest BCUT2D eigenvalue weighted by atomic mass is 10.1. The molecular formula is C19H20N2O3. The van der Waals surface area contributed by atoms with Gasteiger partial charge < -0.3 is 14.8 Å². The third-order valence-corrected chi connectivity index (χ3v) is 4.44. The van der Waals surface area contributed by atoms with Crippen molar-refractivity contribution < 1.29 is 14.3 Å². The van der Waals surface area contributed by atoms with Gasteiger partial charge in [0.25, 0.3) is 5.91 Å². The number of amides is 1. The number of rotatable bonds is 4. The van der Waals surface area contributed by atoms with Gasteiger partial charge in [0.15, 0.2) is 11.5 Å². The smallest absolute Gasteiger partial charge is 0.251 e. The second-order valence-electron chi connectivity index (χ2n) is 6.41. The number of carbonyl (C=O) groups excluding carboxylic acids is 1. The minimum Gasteiger partial charge on any atom is -0.486 e. The highest BCUT2D eigenvalue weighted by molar-refractivity contribution is 5.95. The Bertz CT molecular complexity index is 771. The van der Waals surface area contributed by atoms with Crippen LogP contribution in [0.3, 0.4) is 0 Å². The molecule has 24 heavy (non-hydrogen) atoms. The number of carbonyl (C=O) groups is 1. The summed E-state index contributed by atoms with van der Waals surface area (Å²) in [7, 11) is 0. The van der Waals surface area contributed by atoms with Crippen molar-refractivity contribution >= 4 is 5.91 Å². The zero-order valence-corrected chi connectivity index (χ0v) is 13.6. The molecule has 0 radical (unpaired) electrons. The maximum absolute atomic E-state index is 12.7. The molecule has 0 spiro atoms. The minimum absolute atomic E-state index is 0.0365. The normalized spacial score (nSPS) is 17.2. The highest BCUT2D eigenvalue weighted by atomic mass is 16.6. The molecular weight excluding hydrogens is 304 g/mol. The zero-order valence-electron chi connectivity index (χ0n) is 13.6. The van der Waals surface area contributed by atoms with E-state index in [0.717, 1.165) is 24.1 Å². The first-order valence-electron chi connectivity index (χ1n) is 8.34. The monoisotopic (exact) mass is 324 g/mol. The van der Waals surface area contributed by atoms with E-state index in [9.17, 15) is 4.79 Å². The highest BCUT2D eigenvalue weighted by Gasteiger charge is 2.34. The van der Waals surface area contributed by atoms with Crippen LogP contribution in [0.1, 0.15) is 40.5 Å². The van der Waals surface area contributed by atoms with Gasteiger partial charge in [-0.15, -0.1) is 0 Å². The average molecular weight is 324 g/mol. The molecule has 1 aliphatic carbocycles. The molecule has 2 heterocycles. The van der Waals surface area contributed by atoms with Gasteiger partial charge >= 0.3 is 0 Å². The van der Waals surface area contributed by atoms with E-state index < -0.39 is 0 Å². The number of nitrogens with one attached hydrogen (secondary N) is 1. The summed E-state index contributed by atoms with van der Waals surface area (Å²) in [5.41, 5.74) is 2.67. The van der Waals surface area contributed by atoms with E-state index in [2.05, 4.69) is 10.3 Å². The van der Waals surface area contributed by atoms with Gasteiger partial charge in [0, 0.05) is 11.8 Å². The third kappa shape index (κ3) is 3.07. The van der Waals surface area contributed by atoms with Gasteiger partial charge in [-0.25, -0.2) is 0 Å². The average Bonchev–Trinajstić information content (AvgIpc) is 3.44. The number of fused-ring (bicyclic) bond motifs is 1. The Hall–Kier alpha value is -2.56. The zero-order chi connectivity index (χ0) is 16.5. The van der Waals surface area contributed by atoms with Crippen LogP contribution in [0.2, 0.25) is 0 Å². The third-order valence-electron chi connectivity index (χ3n) is 4.44. The summed E-state index contributed by atoms with van der Waals surface area (Å²) < 4.78 is 11.1. The fraction of sp³-hybridized carbons (Fsp3) is 0.368. The molecule has 1 amide bonds. The Kier molecular flexibility index (Phi) is 3.84. The highest BCUT2D eigenvalue weighted by Crippen LogP contribution is 2.41. The molecule has 2 aliphatic rings. The standard InChI is InChI=1S/C19H20N2O3/c1-12-6-7-20-15(10-12)18(13-2-3-13)21-19(22)14-4-5-16-17(11-14)24-9-8-23-16/h4-7,10-11,13,18H,2-3,8-9H2,1H3,(H,21,22)/t18-/m0/s1. The molecule has 4 rings (SSSR count). The lowest BCUT2D eigenvalue weighted by Gasteiger charge is -2.20. The second kappa shape index (κ2) is 6.15. The van der Waals surface area contributed by atoms with Crippen LogP contribution in [-0.4, -0.2) is 24.1 Å². The van der Waals surface area contributed by atoms with Crippen LogP contribution in [0.25, 0.3) is 0 Å². The number of hydrogen-bond acceptors (Lipinski definition) is 4. The van der Waals surface area contributed by atoms with E-state index in [1.165, 1.54) is 0 Å². The number of nitrogens with zero attached hydrogens (tertiary/aromatic N) is 1. The summed E-state index contributed by atoms with van der Waals surface area (Å²) in [6.07, 6.45) is 4.06. The molecule has 5 nitrogen and oxygen atoms in total. The van der Waals surface area contributed by atoms with E-state index >= 15 is 0 Å². The van der Waals surface area contributed by atoms with Crippen molar-refractivity contribution in [2.24, 2.45) is 5.92 Å². The quantitative estimate of drug-likeness (QED) is 0.939. The molecule has 1 saturated carbocycles. The predicted octanol–water partition coefficient (Wildman–Crippen LogP) is 3.04. The molecule has 1 aliphatic heterocycles. The van der Waals surface area contributed by atoms with Crippen molar-refractivity contribution in [3.8, 4) is 11.5 Å². The van der Waals surface area contributed by atoms with Crippen LogP contribution in [0.15, 0.2) is 36.5 Å². The molecule has 1 aromatic heterocycles. The van der Waals surface area contributed by atoms with E-state index in [-0.39, 0.29) is 11.9 Å². The van der Waals surface area contributed by atoms with Gasteiger partial charge in [-0.3, -0.25) is 9.78 Å². The Morgan fingerprint density at radius 1 is 1.17 bits per heavy atom. The van der Waals surface area contributed by atoms with Crippen molar-refractivity contribution in [1.82, 2.24) is 10.3 Å². The van der Waals surface area contributed by atoms with E-state index in [4.69, 9.17) is 9.47 Å². The summed E-state index contributed by atoms with van der Waals surface area (Å²) in [4.78, 5) is 17.2. The largest absolute Gasteiger partial charge is 0.486 e. The molecule has 1 aromatic carbocycles. The lowest BCUT2D eigenvalue weighted by molar-refractivity contribution is 0.0929. The molecule has 5 heteroatoms. The first-order valence-corrected chi connectivity index (χ1v) is 8.34. The SMILES string of the molecule is Cc1ccnc([C@@H](NC(=O)c2ccc3c(c2)OCCO3)C2CC2)c1. The maximum Gasteiger partial charge on any atom is 0.251 e. The fourth-order valence-electron chi connectivity index (χ4n) is 3.00. The van der Waals surface area contributed by atoms with Crippen molar-refractivity contribution in [2.45, 2.75) is 25.8 Å². The minimum atomic E-state index is -0.104. The molecule has 1 fully saturated rings.